The average molecular weight is 292 g/mol. The van der Waals surface area contributed by atoms with Crippen LogP contribution in [0.3, 0.4) is 0 Å². The van der Waals surface area contributed by atoms with E-state index in [4.69, 9.17) is 4.74 Å². The molecule has 0 amide bonds. The van der Waals surface area contributed by atoms with Crippen LogP contribution in [0.1, 0.15) is 11.5 Å². The molecule has 0 radical (unpaired) electrons. The van der Waals surface area contributed by atoms with Gasteiger partial charge >= 0.3 is 0 Å². The molecule has 3 rings (SSSR count). The van der Waals surface area contributed by atoms with Crippen molar-refractivity contribution in [3.05, 3.63) is 59.9 Å². The summed E-state index contributed by atoms with van der Waals surface area (Å²) in [6, 6.07) is 12.4. The summed E-state index contributed by atoms with van der Waals surface area (Å²) in [6.45, 7) is 0.361. The lowest BCUT2D eigenvalue weighted by molar-refractivity contribution is 0.337. The van der Waals surface area contributed by atoms with Crippen molar-refractivity contribution in [1.82, 2.24) is 0 Å². The van der Waals surface area contributed by atoms with Crippen LogP contribution in [0, 0.1) is 5.82 Å². The molecule has 0 N–H and O–H groups in total. The van der Waals surface area contributed by atoms with Gasteiger partial charge in [0.2, 0.25) is 0 Å². The molecular formula is C15H13FO3S. The van der Waals surface area contributed by atoms with Crippen LogP contribution in [0.5, 0.6) is 5.75 Å². The molecule has 0 fully saturated rings. The molecule has 0 spiro atoms. The summed E-state index contributed by atoms with van der Waals surface area (Å²) in [5.41, 5.74) is 0.915. The number of rotatable bonds is 3. The SMILES string of the molecule is O=S(=O)(CC1COc2ccccc21)c1ccc(F)cc1. The fourth-order valence-electron chi connectivity index (χ4n) is 2.37. The fraction of sp³-hybridized carbons (Fsp3) is 0.200. The summed E-state index contributed by atoms with van der Waals surface area (Å²) in [5, 5.41) is 0. The van der Waals surface area contributed by atoms with Gasteiger partial charge in [0.05, 0.1) is 17.3 Å². The summed E-state index contributed by atoms with van der Waals surface area (Å²) in [6.07, 6.45) is 0. The van der Waals surface area contributed by atoms with Gasteiger partial charge in [-0.1, -0.05) is 18.2 Å². The van der Waals surface area contributed by atoms with E-state index in [1.54, 1.807) is 0 Å². The van der Waals surface area contributed by atoms with E-state index in [9.17, 15) is 12.8 Å². The van der Waals surface area contributed by atoms with Gasteiger partial charge in [-0.25, -0.2) is 12.8 Å². The molecule has 1 unspecified atom stereocenters. The molecule has 1 heterocycles. The maximum absolute atomic E-state index is 12.9. The van der Waals surface area contributed by atoms with Gasteiger partial charge in [0, 0.05) is 11.5 Å². The Morgan fingerprint density at radius 3 is 2.55 bits per heavy atom. The highest BCUT2D eigenvalue weighted by atomic mass is 32.2. The van der Waals surface area contributed by atoms with E-state index in [1.807, 2.05) is 24.3 Å². The Hall–Kier alpha value is -1.88. The van der Waals surface area contributed by atoms with Crippen molar-refractivity contribution in [2.45, 2.75) is 10.8 Å². The number of halogens is 1. The Morgan fingerprint density at radius 1 is 1.10 bits per heavy atom. The summed E-state index contributed by atoms with van der Waals surface area (Å²) in [4.78, 5) is 0.142. The zero-order chi connectivity index (χ0) is 14.2. The highest BCUT2D eigenvalue weighted by Crippen LogP contribution is 2.35. The quantitative estimate of drug-likeness (QED) is 0.817. The summed E-state index contributed by atoms with van der Waals surface area (Å²) >= 11 is 0. The second-order valence-electron chi connectivity index (χ2n) is 4.78. The monoisotopic (exact) mass is 292 g/mol. The highest BCUT2D eigenvalue weighted by Gasteiger charge is 2.29. The molecule has 104 valence electrons. The molecule has 2 aromatic carbocycles. The van der Waals surface area contributed by atoms with Crippen molar-refractivity contribution in [2.24, 2.45) is 0 Å². The van der Waals surface area contributed by atoms with Crippen LogP contribution in [0.15, 0.2) is 53.4 Å². The zero-order valence-corrected chi connectivity index (χ0v) is 11.4. The molecule has 20 heavy (non-hydrogen) atoms. The van der Waals surface area contributed by atoms with Crippen LogP contribution >= 0.6 is 0 Å². The van der Waals surface area contributed by atoms with Crippen LogP contribution in [0.2, 0.25) is 0 Å². The summed E-state index contributed by atoms with van der Waals surface area (Å²) < 4.78 is 43.0. The molecule has 1 atom stereocenters. The molecule has 0 saturated heterocycles. The second kappa shape index (κ2) is 4.90. The highest BCUT2D eigenvalue weighted by molar-refractivity contribution is 7.91. The van der Waals surface area contributed by atoms with Crippen molar-refractivity contribution in [1.29, 1.82) is 0 Å². The first-order valence-corrected chi connectivity index (χ1v) is 7.91. The van der Waals surface area contributed by atoms with Gasteiger partial charge in [-0.15, -0.1) is 0 Å². The van der Waals surface area contributed by atoms with Crippen LogP contribution in [0.25, 0.3) is 0 Å². The molecule has 1 aliphatic heterocycles. The number of sulfone groups is 1. The summed E-state index contributed by atoms with van der Waals surface area (Å²) in [5.74, 6) is 0.0851. The van der Waals surface area contributed by atoms with Gasteiger partial charge in [-0.05, 0) is 30.3 Å². The first-order valence-electron chi connectivity index (χ1n) is 6.26. The Labute approximate surface area is 116 Å². The number of fused-ring (bicyclic) bond motifs is 1. The largest absolute Gasteiger partial charge is 0.493 e. The number of hydrogen-bond donors (Lipinski definition) is 0. The van der Waals surface area contributed by atoms with Gasteiger partial charge in [-0.2, -0.15) is 0 Å². The lowest BCUT2D eigenvalue weighted by Crippen LogP contribution is -2.16. The maximum Gasteiger partial charge on any atom is 0.179 e. The first kappa shape index (κ1) is 13.1. The maximum atomic E-state index is 12.9. The van der Waals surface area contributed by atoms with Crippen molar-refractivity contribution >= 4 is 9.84 Å². The van der Waals surface area contributed by atoms with Crippen molar-refractivity contribution in [2.75, 3.05) is 12.4 Å². The lowest BCUT2D eigenvalue weighted by atomic mass is 10.0. The van der Waals surface area contributed by atoms with E-state index in [-0.39, 0.29) is 16.6 Å². The Bertz CT molecular complexity index is 723. The molecule has 5 heteroatoms. The normalized spacial score (nSPS) is 17.6. The number of para-hydroxylation sites is 1. The Morgan fingerprint density at radius 2 is 1.80 bits per heavy atom. The molecule has 1 aliphatic rings. The molecule has 0 saturated carbocycles. The van der Waals surface area contributed by atoms with E-state index in [2.05, 4.69) is 0 Å². The van der Waals surface area contributed by atoms with Crippen molar-refractivity contribution in [3.63, 3.8) is 0 Å². The van der Waals surface area contributed by atoms with Crippen molar-refractivity contribution in [3.8, 4) is 5.75 Å². The molecule has 0 aliphatic carbocycles. The third-order valence-electron chi connectivity index (χ3n) is 3.39. The smallest absolute Gasteiger partial charge is 0.179 e. The standard InChI is InChI=1S/C15H13FO3S/c16-12-5-7-13(8-6-12)20(17,18)10-11-9-19-15-4-2-1-3-14(11)15/h1-8,11H,9-10H2. The Balaban J connectivity index is 1.86. The third-order valence-corrected chi connectivity index (χ3v) is 5.22. The molecule has 0 aromatic heterocycles. The van der Waals surface area contributed by atoms with Crippen LogP contribution in [-0.2, 0) is 9.84 Å². The van der Waals surface area contributed by atoms with Crippen molar-refractivity contribution < 1.29 is 17.5 Å². The van der Waals surface area contributed by atoms with Gasteiger partial charge in [0.1, 0.15) is 11.6 Å². The summed E-state index contributed by atoms with van der Waals surface area (Å²) in [7, 11) is -3.45. The predicted octanol–water partition coefficient (Wildman–Crippen LogP) is 2.78. The topological polar surface area (TPSA) is 43.4 Å². The number of ether oxygens (including phenoxy) is 1. The van der Waals surface area contributed by atoms with E-state index < -0.39 is 15.7 Å². The fourth-order valence-corrected chi connectivity index (χ4v) is 3.92. The minimum atomic E-state index is -3.45. The van der Waals surface area contributed by atoms with E-state index in [0.29, 0.717) is 6.61 Å². The van der Waals surface area contributed by atoms with Gasteiger partial charge in [0.25, 0.3) is 0 Å². The lowest BCUT2D eigenvalue weighted by Gasteiger charge is -2.10. The Kier molecular flexibility index (Phi) is 3.22. The molecule has 0 bridgehead atoms. The van der Waals surface area contributed by atoms with Crippen LogP contribution in [-0.4, -0.2) is 20.8 Å². The van der Waals surface area contributed by atoms with Gasteiger partial charge < -0.3 is 4.74 Å². The minimum Gasteiger partial charge on any atom is -0.493 e. The van der Waals surface area contributed by atoms with E-state index in [0.717, 1.165) is 23.4 Å². The minimum absolute atomic E-state index is 0.0321. The van der Waals surface area contributed by atoms with E-state index >= 15 is 0 Å². The van der Waals surface area contributed by atoms with Crippen LogP contribution < -0.4 is 4.74 Å². The molecule has 3 nitrogen and oxygen atoms in total. The molecular weight excluding hydrogens is 279 g/mol. The average Bonchev–Trinajstić information content (AvgIpc) is 2.82. The van der Waals surface area contributed by atoms with E-state index in [1.165, 1.54) is 12.1 Å². The second-order valence-corrected chi connectivity index (χ2v) is 6.82. The first-order chi connectivity index (χ1) is 9.56. The number of benzene rings is 2. The zero-order valence-electron chi connectivity index (χ0n) is 10.6. The van der Waals surface area contributed by atoms with Gasteiger partial charge in [-0.3, -0.25) is 0 Å². The molecule has 2 aromatic rings. The predicted molar refractivity (Wildman–Crippen MR) is 73.1 cm³/mol. The van der Waals surface area contributed by atoms with Crippen LogP contribution in [0.4, 0.5) is 4.39 Å². The number of hydrogen-bond acceptors (Lipinski definition) is 3. The van der Waals surface area contributed by atoms with Gasteiger partial charge in [0.15, 0.2) is 9.84 Å². The third kappa shape index (κ3) is 2.41.